The van der Waals surface area contributed by atoms with Crippen LogP contribution in [0.2, 0.25) is 0 Å². The maximum atomic E-state index is 12.5. The van der Waals surface area contributed by atoms with Crippen LogP contribution in [0.4, 0.5) is 8.78 Å². The highest BCUT2D eigenvalue weighted by Crippen LogP contribution is 2.29. The Labute approximate surface area is 92.1 Å². The molecular formula is C9H4BrF2NO2. The average molecular weight is 276 g/mol. The van der Waals surface area contributed by atoms with Crippen molar-refractivity contribution in [2.75, 3.05) is 0 Å². The minimum atomic E-state index is -2.88. The molecule has 0 bridgehead atoms. The van der Waals surface area contributed by atoms with Gasteiger partial charge in [-0.15, -0.1) is 0 Å². The van der Waals surface area contributed by atoms with Gasteiger partial charge in [-0.05, 0) is 28.1 Å². The number of hydrogen-bond acceptors (Lipinski definition) is 2. The molecule has 0 saturated heterocycles. The first kappa shape index (κ1) is 11.6. The number of rotatable bonds is 2. The second kappa shape index (κ2) is 4.36. The average Bonchev–Trinajstić information content (AvgIpc) is 2.16. The molecule has 0 aliphatic rings. The first-order valence-corrected chi connectivity index (χ1v) is 4.51. The highest BCUT2D eigenvalue weighted by molar-refractivity contribution is 9.10. The van der Waals surface area contributed by atoms with Crippen molar-refractivity contribution in [2.24, 2.45) is 0 Å². The van der Waals surface area contributed by atoms with Gasteiger partial charge in [0, 0.05) is 10.0 Å². The second-order valence-electron chi connectivity index (χ2n) is 2.64. The van der Waals surface area contributed by atoms with Gasteiger partial charge >= 0.3 is 5.97 Å². The smallest absolute Gasteiger partial charge is 0.335 e. The van der Waals surface area contributed by atoms with Crippen LogP contribution in [-0.2, 0) is 0 Å². The van der Waals surface area contributed by atoms with Gasteiger partial charge in [-0.2, -0.15) is 5.26 Å². The third-order valence-corrected chi connectivity index (χ3v) is 2.34. The van der Waals surface area contributed by atoms with Crippen molar-refractivity contribution in [3.63, 3.8) is 0 Å². The molecule has 3 nitrogen and oxygen atoms in total. The lowest BCUT2D eigenvalue weighted by Gasteiger charge is -2.06. The van der Waals surface area contributed by atoms with Crippen LogP contribution in [-0.4, -0.2) is 11.1 Å². The summed E-state index contributed by atoms with van der Waals surface area (Å²) >= 11 is 2.88. The van der Waals surface area contributed by atoms with Crippen molar-refractivity contribution < 1.29 is 18.7 Å². The van der Waals surface area contributed by atoms with Gasteiger partial charge in [0.05, 0.1) is 11.1 Å². The molecule has 1 aromatic carbocycles. The van der Waals surface area contributed by atoms with E-state index in [-0.39, 0.29) is 15.6 Å². The van der Waals surface area contributed by atoms with Crippen LogP contribution in [0.1, 0.15) is 27.9 Å². The molecule has 0 atom stereocenters. The molecule has 78 valence electrons. The summed E-state index contributed by atoms with van der Waals surface area (Å²) in [5, 5.41) is 17.2. The van der Waals surface area contributed by atoms with E-state index < -0.39 is 18.0 Å². The fourth-order valence-electron chi connectivity index (χ4n) is 1.04. The van der Waals surface area contributed by atoms with Crippen molar-refractivity contribution in [3.05, 3.63) is 33.3 Å². The lowest BCUT2D eigenvalue weighted by atomic mass is 10.1. The molecule has 1 aromatic rings. The maximum Gasteiger partial charge on any atom is 0.335 e. The van der Waals surface area contributed by atoms with E-state index in [1.807, 2.05) is 0 Å². The van der Waals surface area contributed by atoms with Crippen molar-refractivity contribution >= 4 is 21.9 Å². The Kier molecular flexibility index (Phi) is 3.37. The van der Waals surface area contributed by atoms with Gasteiger partial charge in [-0.25, -0.2) is 13.6 Å². The first-order chi connectivity index (χ1) is 6.97. The molecule has 0 aromatic heterocycles. The van der Waals surface area contributed by atoms with Crippen molar-refractivity contribution in [3.8, 4) is 6.07 Å². The quantitative estimate of drug-likeness (QED) is 0.903. The molecule has 15 heavy (non-hydrogen) atoms. The number of alkyl halides is 2. The van der Waals surface area contributed by atoms with Crippen LogP contribution in [0.3, 0.4) is 0 Å². The molecule has 0 aliphatic heterocycles. The number of hydrogen-bond donors (Lipinski definition) is 1. The van der Waals surface area contributed by atoms with Gasteiger partial charge in [0.1, 0.15) is 6.07 Å². The number of halogens is 3. The molecule has 0 heterocycles. The lowest BCUT2D eigenvalue weighted by Crippen LogP contribution is -2.01. The molecule has 0 aliphatic carbocycles. The zero-order chi connectivity index (χ0) is 11.6. The summed E-state index contributed by atoms with van der Waals surface area (Å²) < 4.78 is 25.0. The van der Waals surface area contributed by atoms with Gasteiger partial charge in [-0.1, -0.05) is 0 Å². The third-order valence-electron chi connectivity index (χ3n) is 1.71. The number of carbonyl (C=O) groups is 1. The van der Waals surface area contributed by atoms with Gasteiger partial charge in [-0.3, -0.25) is 0 Å². The van der Waals surface area contributed by atoms with E-state index in [0.717, 1.165) is 12.1 Å². The number of nitrogens with zero attached hydrogens (tertiary/aromatic N) is 1. The summed E-state index contributed by atoms with van der Waals surface area (Å²) in [5.41, 5.74) is -1.10. The minimum absolute atomic E-state index is 0.0557. The van der Waals surface area contributed by atoms with E-state index in [1.165, 1.54) is 0 Å². The standard InChI is InChI=1S/C9H4BrF2NO2/c10-7-2-4(9(14)15)1-5(8(11)12)6(7)3-13/h1-2,8H,(H,14,15). The summed E-state index contributed by atoms with van der Waals surface area (Å²) in [6.07, 6.45) is -2.88. The Morgan fingerprint density at radius 3 is 2.53 bits per heavy atom. The molecule has 1 rings (SSSR count). The summed E-state index contributed by atoms with van der Waals surface area (Å²) in [6, 6.07) is 3.51. The maximum absolute atomic E-state index is 12.5. The fraction of sp³-hybridized carbons (Fsp3) is 0.111. The van der Waals surface area contributed by atoms with Crippen LogP contribution in [0, 0.1) is 11.3 Å². The van der Waals surface area contributed by atoms with Crippen LogP contribution in [0.25, 0.3) is 0 Å². The first-order valence-electron chi connectivity index (χ1n) is 3.72. The number of carboxylic acid groups (broad SMARTS) is 1. The number of aromatic carboxylic acids is 1. The third kappa shape index (κ3) is 2.30. The Bertz CT molecular complexity index is 454. The highest BCUT2D eigenvalue weighted by Gasteiger charge is 2.18. The SMILES string of the molecule is N#Cc1c(Br)cc(C(=O)O)cc1C(F)F. The predicted octanol–water partition coefficient (Wildman–Crippen LogP) is 2.96. The van der Waals surface area contributed by atoms with Crippen molar-refractivity contribution in [1.29, 1.82) is 5.26 Å². The van der Waals surface area contributed by atoms with Gasteiger partial charge < -0.3 is 5.11 Å². The van der Waals surface area contributed by atoms with E-state index in [0.29, 0.717) is 0 Å². The summed E-state index contributed by atoms with van der Waals surface area (Å²) in [4.78, 5) is 10.6. The van der Waals surface area contributed by atoms with E-state index in [1.54, 1.807) is 6.07 Å². The largest absolute Gasteiger partial charge is 0.478 e. The van der Waals surface area contributed by atoms with E-state index in [4.69, 9.17) is 10.4 Å². The van der Waals surface area contributed by atoms with Crippen molar-refractivity contribution in [1.82, 2.24) is 0 Å². The van der Waals surface area contributed by atoms with Crippen LogP contribution in [0.5, 0.6) is 0 Å². The van der Waals surface area contributed by atoms with E-state index in [9.17, 15) is 13.6 Å². The van der Waals surface area contributed by atoms with Crippen LogP contribution in [0.15, 0.2) is 16.6 Å². The van der Waals surface area contributed by atoms with E-state index in [2.05, 4.69) is 15.9 Å². The lowest BCUT2D eigenvalue weighted by molar-refractivity contribution is 0.0696. The topological polar surface area (TPSA) is 61.1 Å². The normalized spacial score (nSPS) is 10.1. The molecular weight excluding hydrogens is 272 g/mol. The molecule has 0 amide bonds. The summed E-state index contributed by atoms with van der Waals surface area (Å²) in [6.45, 7) is 0. The minimum Gasteiger partial charge on any atom is -0.478 e. The second-order valence-corrected chi connectivity index (χ2v) is 3.49. The number of benzene rings is 1. The Balaban J connectivity index is 3.47. The van der Waals surface area contributed by atoms with Crippen LogP contribution >= 0.6 is 15.9 Å². The molecule has 0 fully saturated rings. The fourth-order valence-corrected chi connectivity index (χ4v) is 1.61. The van der Waals surface area contributed by atoms with Gasteiger partial charge in [0.2, 0.25) is 0 Å². The zero-order valence-electron chi connectivity index (χ0n) is 7.17. The molecule has 0 spiro atoms. The number of nitriles is 1. The van der Waals surface area contributed by atoms with Gasteiger partial charge in [0.15, 0.2) is 0 Å². The van der Waals surface area contributed by atoms with Crippen molar-refractivity contribution in [2.45, 2.75) is 6.43 Å². The summed E-state index contributed by atoms with van der Waals surface area (Å²) in [5.74, 6) is -1.32. The summed E-state index contributed by atoms with van der Waals surface area (Å²) in [7, 11) is 0. The molecule has 0 radical (unpaired) electrons. The molecule has 0 saturated carbocycles. The highest BCUT2D eigenvalue weighted by atomic mass is 79.9. The molecule has 0 unspecified atom stereocenters. The Hall–Kier alpha value is -1.48. The predicted molar refractivity (Wildman–Crippen MR) is 50.8 cm³/mol. The van der Waals surface area contributed by atoms with Crippen LogP contribution < -0.4 is 0 Å². The Morgan fingerprint density at radius 2 is 2.13 bits per heavy atom. The molecule has 6 heteroatoms. The van der Waals surface area contributed by atoms with Gasteiger partial charge in [0.25, 0.3) is 6.43 Å². The van der Waals surface area contributed by atoms with E-state index >= 15 is 0 Å². The zero-order valence-corrected chi connectivity index (χ0v) is 8.75. The monoisotopic (exact) mass is 275 g/mol. The number of carboxylic acids is 1. The Morgan fingerprint density at radius 1 is 1.53 bits per heavy atom. The molecule has 1 N–H and O–H groups in total.